The molecule has 82 valence electrons. The van der Waals surface area contributed by atoms with Crippen LogP contribution in [0, 0.1) is 0 Å². The zero-order chi connectivity index (χ0) is 10.5. The highest BCUT2D eigenvalue weighted by Crippen LogP contribution is 1.96. The van der Waals surface area contributed by atoms with Crippen LogP contribution in [0.2, 0.25) is 5.28 Å². The van der Waals surface area contributed by atoms with E-state index in [0.29, 0.717) is 0 Å². The third kappa shape index (κ3) is 2.96. The minimum Gasteiger partial charge on any atom is -0.412 e. The summed E-state index contributed by atoms with van der Waals surface area (Å²) in [6, 6.07) is 21.9. The third-order valence-electron chi connectivity index (χ3n) is 2.81. The molecule has 1 nitrogen and oxygen atoms in total. The Morgan fingerprint density at radius 2 is 1.12 bits per heavy atom. The molecule has 0 aliphatic carbocycles. The second kappa shape index (κ2) is 6.50. The van der Waals surface area contributed by atoms with Crippen LogP contribution in [-0.2, 0) is 0 Å². The predicted octanol–water partition coefficient (Wildman–Crippen LogP) is 1.49. The second-order valence-electron chi connectivity index (χ2n) is 3.78. The van der Waals surface area contributed by atoms with E-state index in [0.717, 1.165) is 0 Å². The monoisotopic (exact) mass is 228 g/mol. The van der Waals surface area contributed by atoms with Crippen molar-refractivity contribution in [1.29, 1.82) is 0 Å². The fraction of sp³-hybridized carbons (Fsp3) is 0.143. The Morgan fingerprint density at radius 1 is 0.750 bits per heavy atom. The van der Waals surface area contributed by atoms with Gasteiger partial charge in [-0.2, -0.15) is 0 Å². The second-order valence-corrected chi connectivity index (χ2v) is 7.04. The molecule has 2 N–H and O–H groups in total. The highest BCUT2D eigenvalue weighted by molar-refractivity contribution is 6.85. The molecule has 0 spiro atoms. The maximum Gasteiger partial charge on any atom is 0.345 e. The van der Waals surface area contributed by atoms with E-state index >= 15 is 0 Å². The normalized spacial score (nSPS) is 9.31. The van der Waals surface area contributed by atoms with Crippen molar-refractivity contribution in [1.82, 2.24) is 0 Å². The molecule has 0 radical (unpaired) electrons. The molecule has 0 fully saturated rings. The number of rotatable bonds is 3. The van der Waals surface area contributed by atoms with E-state index in [9.17, 15) is 0 Å². The van der Waals surface area contributed by atoms with Gasteiger partial charge in [-0.05, 0) is 0 Å². The van der Waals surface area contributed by atoms with Gasteiger partial charge in [-0.1, -0.05) is 72.9 Å². The molecule has 0 saturated heterocycles. The van der Waals surface area contributed by atoms with Crippen LogP contribution < -0.4 is 8.85 Å². The van der Waals surface area contributed by atoms with Gasteiger partial charge in [0, 0.05) is 0 Å². The van der Waals surface area contributed by atoms with Gasteiger partial charge < -0.3 is 5.48 Å². The molecule has 2 aromatic carbocycles. The van der Waals surface area contributed by atoms with Crippen molar-refractivity contribution in [3.8, 4) is 0 Å². The molecule has 2 heteroatoms. The Labute approximate surface area is 101 Å². The molecular weight excluding hydrogens is 211 g/mol. The minimum absolute atomic E-state index is 0. The Hall–Kier alpha value is -1.07. The van der Waals surface area contributed by atoms with Gasteiger partial charge in [-0.3, -0.25) is 0 Å². The van der Waals surface area contributed by atoms with Crippen LogP contribution in [0.25, 0.3) is 0 Å². The highest BCUT2D eigenvalue weighted by Gasteiger charge is 2.18. The lowest BCUT2D eigenvalue weighted by atomic mass is 10.4. The van der Waals surface area contributed by atoms with E-state index < -0.39 is 14.1 Å². The molecule has 0 atom stereocenters. The first-order chi connectivity index (χ1) is 7.42. The van der Waals surface area contributed by atoms with Crippen LogP contribution in [0.1, 0.15) is 6.92 Å². The standard InChI is InChI=1S/2C6H5.C2H5.Al.H2O/c2*1-2-4-6-5-3-1;1-2;;/h2*1-5H;1H2,2H3;;1H2. The van der Waals surface area contributed by atoms with Gasteiger partial charge in [0.25, 0.3) is 0 Å². The van der Waals surface area contributed by atoms with Crippen LogP contribution >= 0.6 is 0 Å². The van der Waals surface area contributed by atoms with Crippen LogP contribution in [0.15, 0.2) is 60.7 Å². The first kappa shape index (κ1) is 13.0. The molecule has 0 amide bonds. The lowest BCUT2D eigenvalue weighted by molar-refractivity contribution is 0.824. The largest absolute Gasteiger partial charge is 0.412 e. The molecule has 0 unspecified atom stereocenters. The summed E-state index contributed by atoms with van der Waals surface area (Å²) in [6.07, 6.45) is 0. The summed E-state index contributed by atoms with van der Waals surface area (Å²) in [7, 11) is 0. The van der Waals surface area contributed by atoms with Gasteiger partial charge in [0.15, 0.2) is 0 Å². The van der Waals surface area contributed by atoms with Gasteiger partial charge in [0.2, 0.25) is 0 Å². The van der Waals surface area contributed by atoms with Crippen molar-refractivity contribution in [2.75, 3.05) is 0 Å². The van der Waals surface area contributed by atoms with E-state index in [1.807, 2.05) is 0 Å². The number of hydrogen-bond acceptors (Lipinski definition) is 0. The van der Waals surface area contributed by atoms with E-state index in [1.165, 1.54) is 5.28 Å². The van der Waals surface area contributed by atoms with Crippen LogP contribution in [0.3, 0.4) is 0 Å². The lowest BCUT2D eigenvalue weighted by Gasteiger charge is -2.09. The Morgan fingerprint density at radius 3 is 1.44 bits per heavy atom. The summed E-state index contributed by atoms with van der Waals surface area (Å²) in [5.41, 5.74) is 0. The van der Waals surface area contributed by atoms with Crippen LogP contribution in [-0.4, -0.2) is 19.6 Å². The molecule has 0 saturated carbocycles. The first-order valence-corrected chi connectivity index (χ1v) is 7.49. The molecular formula is C14H17AlO. The SMILES string of the molecule is C[CH2][Al]([c]1ccccc1)[c]1ccccc1.O. The smallest absolute Gasteiger partial charge is 0.345 e. The topological polar surface area (TPSA) is 31.5 Å². The Kier molecular flexibility index (Phi) is 5.28. The minimum atomic E-state index is -0.930. The van der Waals surface area contributed by atoms with Crippen molar-refractivity contribution in [2.24, 2.45) is 0 Å². The molecule has 0 heterocycles. The van der Waals surface area contributed by atoms with Crippen LogP contribution in [0.5, 0.6) is 0 Å². The fourth-order valence-electron chi connectivity index (χ4n) is 2.03. The molecule has 0 aliphatic heterocycles. The van der Waals surface area contributed by atoms with Gasteiger partial charge in [0.05, 0.1) is 0 Å². The highest BCUT2D eigenvalue weighted by atomic mass is 27.2. The van der Waals surface area contributed by atoms with Crippen molar-refractivity contribution in [2.45, 2.75) is 12.2 Å². The van der Waals surface area contributed by atoms with Gasteiger partial charge in [-0.15, -0.1) is 8.85 Å². The zero-order valence-corrected chi connectivity index (χ0v) is 10.7. The molecule has 0 bridgehead atoms. The molecule has 2 aromatic rings. The molecule has 0 aromatic heterocycles. The van der Waals surface area contributed by atoms with E-state index in [1.54, 1.807) is 8.85 Å². The summed E-state index contributed by atoms with van der Waals surface area (Å²) in [4.78, 5) is 0. The third-order valence-corrected chi connectivity index (χ3v) is 6.01. The summed E-state index contributed by atoms with van der Waals surface area (Å²) in [5, 5.41) is 1.29. The zero-order valence-electron chi connectivity index (χ0n) is 9.56. The van der Waals surface area contributed by atoms with Crippen molar-refractivity contribution in [3.63, 3.8) is 0 Å². The average Bonchev–Trinajstić information content (AvgIpc) is 2.33. The predicted molar refractivity (Wildman–Crippen MR) is 72.0 cm³/mol. The summed E-state index contributed by atoms with van der Waals surface area (Å²) in [5.74, 6) is 0. The fourth-order valence-corrected chi connectivity index (χ4v) is 4.74. The Balaban J connectivity index is 0.00000128. The maximum atomic E-state index is 2.30. The van der Waals surface area contributed by atoms with Crippen molar-refractivity contribution >= 4 is 23.0 Å². The Bertz CT molecular complexity index is 360. The maximum absolute atomic E-state index is 2.30. The lowest BCUT2D eigenvalue weighted by Crippen LogP contribution is -2.41. The number of benzene rings is 2. The molecule has 2 rings (SSSR count). The summed E-state index contributed by atoms with van der Waals surface area (Å²) in [6.45, 7) is 2.30. The van der Waals surface area contributed by atoms with Gasteiger partial charge in [0.1, 0.15) is 0 Å². The molecule has 0 aliphatic rings. The average molecular weight is 228 g/mol. The quantitative estimate of drug-likeness (QED) is 0.713. The van der Waals surface area contributed by atoms with E-state index in [-0.39, 0.29) is 5.48 Å². The number of hydrogen-bond donors (Lipinski definition) is 0. The van der Waals surface area contributed by atoms with Crippen molar-refractivity contribution < 1.29 is 5.48 Å². The molecule has 16 heavy (non-hydrogen) atoms. The van der Waals surface area contributed by atoms with E-state index in [4.69, 9.17) is 0 Å². The summed E-state index contributed by atoms with van der Waals surface area (Å²) < 4.78 is 3.09. The summed E-state index contributed by atoms with van der Waals surface area (Å²) >= 11 is -0.930. The van der Waals surface area contributed by atoms with Crippen molar-refractivity contribution in [3.05, 3.63) is 60.7 Å². The van der Waals surface area contributed by atoms with Crippen LogP contribution in [0.4, 0.5) is 0 Å². The van der Waals surface area contributed by atoms with Gasteiger partial charge >= 0.3 is 14.1 Å². The first-order valence-electron chi connectivity index (χ1n) is 5.51. The van der Waals surface area contributed by atoms with E-state index in [2.05, 4.69) is 67.6 Å². The van der Waals surface area contributed by atoms with Gasteiger partial charge in [-0.25, -0.2) is 0 Å².